The molecule has 3 N–H and O–H groups in total. The predicted octanol–water partition coefficient (Wildman–Crippen LogP) is 3.10. The summed E-state index contributed by atoms with van der Waals surface area (Å²) < 4.78 is 13.0. The molecule has 1 fully saturated rings. The minimum Gasteiger partial charge on any atom is -0.502 e. The van der Waals surface area contributed by atoms with E-state index in [-0.39, 0.29) is 17.9 Å². The number of nitriles is 1. The van der Waals surface area contributed by atoms with E-state index in [0.717, 1.165) is 36.3 Å². The van der Waals surface area contributed by atoms with E-state index in [2.05, 4.69) is 50.2 Å². The van der Waals surface area contributed by atoms with Gasteiger partial charge in [0.25, 0.3) is 5.56 Å². The number of likely N-dealkylation sites (tertiary alicyclic amines) is 1. The van der Waals surface area contributed by atoms with E-state index in [1.54, 1.807) is 6.92 Å². The number of aromatic nitrogens is 2. The maximum Gasteiger partial charge on any atom is 0.293 e. The van der Waals surface area contributed by atoms with Crippen molar-refractivity contribution < 1.29 is 9.50 Å². The van der Waals surface area contributed by atoms with Crippen LogP contribution in [0.4, 0.5) is 4.39 Å². The first-order valence-electron chi connectivity index (χ1n) is 12.3. The van der Waals surface area contributed by atoms with E-state index in [1.807, 2.05) is 36.4 Å². The maximum atomic E-state index is 13.0. The summed E-state index contributed by atoms with van der Waals surface area (Å²) in [6, 6.07) is 17.9. The lowest BCUT2D eigenvalue weighted by Crippen LogP contribution is -2.45. The Kier molecular flexibility index (Phi) is 8.68. The van der Waals surface area contributed by atoms with E-state index in [4.69, 9.17) is 5.26 Å². The Morgan fingerprint density at radius 3 is 2.43 bits per heavy atom. The number of aromatic amines is 1. The highest BCUT2D eigenvalue weighted by molar-refractivity contribution is 5.44. The molecule has 3 aromatic rings. The lowest BCUT2D eigenvalue weighted by atomic mass is 9.92. The van der Waals surface area contributed by atoms with Crippen LogP contribution >= 0.6 is 0 Å². The quantitative estimate of drug-likeness (QED) is 0.391. The van der Waals surface area contributed by atoms with E-state index < -0.39 is 18.0 Å². The topological polar surface area (TPSA) is 105 Å². The van der Waals surface area contributed by atoms with Gasteiger partial charge in [-0.1, -0.05) is 36.1 Å². The summed E-state index contributed by atoms with van der Waals surface area (Å²) in [6.45, 7) is 4.25. The predicted molar refractivity (Wildman–Crippen MR) is 140 cm³/mol. The number of hydrogen-bond acceptors (Lipinski definition) is 6. The molecule has 0 amide bonds. The number of H-pyrrole nitrogens is 1. The lowest BCUT2D eigenvalue weighted by molar-refractivity contribution is 0.127. The van der Waals surface area contributed by atoms with Gasteiger partial charge in [-0.15, -0.1) is 0 Å². The van der Waals surface area contributed by atoms with Crippen molar-refractivity contribution in [1.29, 1.82) is 5.26 Å². The molecule has 2 aromatic carbocycles. The molecule has 0 radical (unpaired) electrons. The molecule has 37 heavy (non-hydrogen) atoms. The van der Waals surface area contributed by atoms with Crippen LogP contribution in [-0.4, -0.2) is 52.3 Å². The average molecular weight is 500 g/mol. The average Bonchev–Trinajstić information content (AvgIpc) is 2.90. The molecule has 7 nitrogen and oxygen atoms in total. The maximum absolute atomic E-state index is 13.0. The van der Waals surface area contributed by atoms with Gasteiger partial charge in [-0.2, -0.15) is 5.26 Å². The van der Waals surface area contributed by atoms with Crippen molar-refractivity contribution in [2.24, 2.45) is 5.92 Å². The zero-order valence-electron chi connectivity index (χ0n) is 20.7. The Balaban J connectivity index is 1.42. The van der Waals surface area contributed by atoms with Crippen molar-refractivity contribution >= 4 is 0 Å². The zero-order valence-corrected chi connectivity index (χ0v) is 20.7. The Hall–Kier alpha value is -3.98. The molecule has 4 rings (SSSR count). The minimum atomic E-state index is -0.583. The van der Waals surface area contributed by atoms with E-state index in [9.17, 15) is 14.3 Å². The van der Waals surface area contributed by atoms with Gasteiger partial charge in [-0.05, 0) is 42.3 Å². The fourth-order valence-corrected chi connectivity index (χ4v) is 4.23. The van der Waals surface area contributed by atoms with Crippen LogP contribution in [0.1, 0.15) is 40.8 Å². The van der Waals surface area contributed by atoms with Gasteiger partial charge in [0.1, 0.15) is 6.67 Å². The normalized spacial score (nSPS) is 15.2. The van der Waals surface area contributed by atoms with Gasteiger partial charge in [0.2, 0.25) is 5.75 Å². The van der Waals surface area contributed by atoms with Crippen LogP contribution in [0.25, 0.3) is 0 Å². The second kappa shape index (κ2) is 12.3. The second-order valence-electron chi connectivity index (χ2n) is 9.48. The van der Waals surface area contributed by atoms with E-state index in [0.29, 0.717) is 18.7 Å². The fraction of sp³-hybridized carbons (Fsp3) is 0.345. The molecule has 0 bridgehead atoms. The first kappa shape index (κ1) is 26.1. The molecule has 0 aliphatic carbocycles. The Labute approximate surface area is 216 Å². The van der Waals surface area contributed by atoms with Crippen molar-refractivity contribution in [3.8, 4) is 23.7 Å². The van der Waals surface area contributed by atoms with Crippen molar-refractivity contribution in [3.63, 3.8) is 0 Å². The Bertz CT molecular complexity index is 1350. The number of nitrogens with one attached hydrogen (secondary N) is 2. The summed E-state index contributed by atoms with van der Waals surface area (Å²) in [5.74, 6) is 6.02. The Morgan fingerprint density at radius 1 is 1.16 bits per heavy atom. The van der Waals surface area contributed by atoms with Crippen LogP contribution in [0.15, 0.2) is 59.7 Å². The molecule has 1 aliphatic heterocycles. The third-order valence-corrected chi connectivity index (χ3v) is 6.52. The molecule has 1 aliphatic rings. The number of rotatable bonds is 9. The molecule has 1 aromatic heterocycles. The highest BCUT2D eigenvalue weighted by atomic mass is 19.1. The standard InChI is InChI=1S/C29H30FN5O2/c1-20(13-30)32-15-26(12-27-28(36)29(37)34-19-33-27)25-10-8-22(9-11-25)3-2-21-4-6-23(7-5-21)16-35-17-24(14-31)18-35/h4-11,19-20,24,26,32,36H,12-13,15-18H2,1H3,(H,33,34,37)/t20-,26-/m0/s1. The molecule has 190 valence electrons. The molecular weight excluding hydrogens is 469 g/mol. The highest BCUT2D eigenvalue weighted by Crippen LogP contribution is 2.23. The molecule has 0 unspecified atom stereocenters. The summed E-state index contributed by atoms with van der Waals surface area (Å²) in [7, 11) is 0. The van der Waals surface area contributed by atoms with Gasteiger partial charge in [0.05, 0.1) is 24.0 Å². The monoisotopic (exact) mass is 499 g/mol. The van der Waals surface area contributed by atoms with Gasteiger partial charge in [-0.25, -0.2) is 9.37 Å². The molecule has 1 saturated heterocycles. The molecular formula is C29H30FN5O2. The molecule has 8 heteroatoms. The molecule has 2 heterocycles. The largest absolute Gasteiger partial charge is 0.502 e. The van der Waals surface area contributed by atoms with Crippen LogP contribution < -0.4 is 10.9 Å². The third-order valence-electron chi connectivity index (χ3n) is 6.52. The summed E-state index contributed by atoms with van der Waals surface area (Å²) in [5.41, 5.74) is 3.67. The van der Waals surface area contributed by atoms with Crippen LogP contribution in [0.2, 0.25) is 0 Å². The van der Waals surface area contributed by atoms with Gasteiger partial charge >= 0.3 is 0 Å². The third kappa shape index (κ3) is 7.04. The number of aromatic hydroxyl groups is 1. The van der Waals surface area contributed by atoms with Crippen molar-refractivity contribution in [1.82, 2.24) is 20.2 Å². The van der Waals surface area contributed by atoms with Crippen LogP contribution in [0.3, 0.4) is 0 Å². The molecule has 2 atom stereocenters. The number of hydrogen-bond donors (Lipinski definition) is 3. The van der Waals surface area contributed by atoms with Crippen LogP contribution in [0, 0.1) is 29.1 Å². The smallest absolute Gasteiger partial charge is 0.293 e. The van der Waals surface area contributed by atoms with Crippen LogP contribution in [0.5, 0.6) is 5.75 Å². The number of alkyl halides is 1. The fourth-order valence-electron chi connectivity index (χ4n) is 4.23. The second-order valence-corrected chi connectivity index (χ2v) is 9.48. The molecule has 0 spiro atoms. The SMILES string of the molecule is C[C@@H](CF)NC[C@H](Cc1nc[nH]c(=O)c1O)c1ccc(C#Cc2ccc(CN3CC(C#N)C3)cc2)cc1. The summed E-state index contributed by atoms with van der Waals surface area (Å²) in [6.07, 6.45) is 1.60. The number of nitrogens with zero attached hydrogens (tertiary/aromatic N) is 3. The first-order chi connectivity index (χ1) is 17.9. The lowest BCUT2D eigenvalue weighted by Gasteiger charge is -2.35. The van der Waals surface area contributed by atoms with E-state index in [1.165, 1.54) is 11.9 Å². The number of halogens is 1. The van der Waals surface area contributed by atoms with Crippen LogP contribution in [-0.2, 0) is 13.0 Å². The summed E-state index contributed by atoms with van der Waals surface area (Å²) in [5, 5.41) is 22.2. The van der Waals surface area contributed by atoms with Crippen molar-refractivity contribution in [2.45, 2.75) is 31.8 Å². The summed E-state index contributed by atoms with van der Waals surface area (Å²) >= 11 is 0. The van der Waals surface area contributed by atoms with Gasteiger partial charge in [-0.3, -0.25) is 9.69 Å². The van der Waals surface area contributed by atoms with Gasteiger partial charge in [0, 0.05) is 55.7 Å². The highest BCUT2D eigenvalue weighted by Gasteiger charge is 2.25. The first-order valence-corrected chi connectivity index (χ1v) is 12.3. The Morgan fingerprint density at radius 2 is 1.81 bits per heavy atom. The summed E-state index contributed by atoms with van der Waals surface area (Å²) in [4.78, 5) is 20.5. The number of benzene rings is 2. The van der Waals surface area contributed by atoms with Crippen molar-refractivity contribution in [3.05, 3.63) is 93.2 Å². The zero-order chi connectivity index (χ0) is 26.2. The minimum absolute atomic E-state index is 0.126. The van der Waals surface area contributed by atoms with Gasteiger partial charge < -0.3 is 15.4 Å². The van der Waals surface area contributed by atoms with Gasteiger partial charge in [0.15, 0.2) is 0 Å². The molecule has 0 saturated carbocycles. The van der Waals surface area contributed by atoms with E-state index >= 15 is 0 Å². The van der Waals surface area contributed by atoms with Crippen molar-refractivity contribution in [2.75, 3.05) is 26.3 Å².